The van der Waals surface area contributed by atoms with E-state index in [1.807, 2.05) is 0 Å². The van der Waals surface area contributed by atoms with E-state index in [2.05, 4.69) is 13.8 Å². The summed E-state index contributed by atoms with van der Waals surface area (Å²) in [4.78, 5) is 0. The van der Waals surface area contributed by atoms with Gasteiger partial charge in [-0.2, -0.15) is 0 Å². The van der Waals surface area contributed by atoms with Crippen molar-refractivity contribution < 1.29 is 18.3 Å². The Balaban J connectivity index is 1.74. The Bertz CT molecular complexity index is 542. The summed E-state index contributed by atoms with van der Waals surface area (Å²) in [5.74, 6) is -1.08. The Morgan fingerprint density at radius 2 is 1.83 bits per heavy atom. The second-order valence-corrected chi connectivity index (χ2v) is 7.05. The van der Waals surface area contributed by atoms with Gasteiger partial charge in [-0.25, -0.2) is 8.78 Å². The van der Waals surface area contributed by atoms with E-state index in [-0.39, 0.29) is 29.5 Å². The molecule has 3 unspecified atom stereocenters. The fourth-order valence-electron chi connectivity index (χ4n) is 4.43. The fourth-order valence-corrected chi connectivity index (χ4v) is 4.43. The van der Waals surface area contributed by atoms with Crippen LogP contribution in [0.1, 0.15) is 64.4 Å². The molecule has 4 heteroatoms. The van der Waals surface area contributed by atoms with Crippen LogP contribution in [0.3, 0.4) is 0 Å². The molecule has 3 rings (SSSR count). The monoisotopic (exact) mass is 324 g/mol. The van der Waals surface area contributed by atoms with Crippen LogP contribution >= 0.6 is 0 Å². The topological polar surface area (TPSA) is 18.5 Å². The molecule has 3 atom stereocenters. The maximum atomic E-state index is 13.8. The first-order chi connectivity index (χ1) is 11.0. The SMILES string of the molecule is CCCC12CCC(CCC)(O1)C(OCc1c(F)cccc1F)C2. The summed E-state index contributed by atoms with van der Waals surface area (Å²) in [6.45, 7) is 4.28. The smallest absolute Gasteiger partial charge is 0.131 e. The first kappa shape index (κ1) is 16.8. The summed E-state index contributed by atoms with van der Waals surface area (Å²) < 4.78 is 40.1. The predicted octanol–water partition coefficient (Wildman–Crippen LogP) is 5.14. The largest absolute Gasteiger partial charge is 0.370 e. The molecule has 2 heterocycles. The minimum absolute atomic E-state index is 0.0199. The number of rotatable bonds is 7. The second kappa shape index (κ2) is 6.48. The van der Waals surface area contributed by atoms with Crippen LogP contribution in [0, 0.1) is 11.6 Å². The van der Waals surface area contributed by atoms with Gasteiger partial charge in [0.05, 0.1) is 23.9 Å². The van der Waals surface area contributed by atoms with Crippen molar-refractivity contribution in [3.63, 3.8) is 0 Å². The summed E-state index contributed by atoms with van der Waals surface area (Å²) in [5.41, 5.74) is -0.319. The average Bonchev–Trinajstić information content (AvgIpc) is 3.00. The van der Waals surface area contributed by atoms with Gasteiger partial charge in [0.2, 0.25) is 0 Å². The third kappa shape index (κ3) is 3.03. The standard InChI is InChI=1S/C19H26F2O2/c1-3-8-18-10-11-19(23-18,9-4-2)17(12-18)22-13-14-15(20)6-5-7-16(14)21/h5-7,17H,3-4,8-13H2,1-2H3. The van der Waals surface area contributed by atoms with E-state index < -0.39 is 11.6 Å². The number of hydrogen-bond donors (Lipinski definition) is 0. The molecule has 2 nitrogen and oxygen atoms in total. The Morgan fingerprint density at radius 3 is 2.48 bits per heavy atom. The molecular weight excluding hydrogens is 298 g/mol. The highest BCUT2D eigenvalue weighted by Gasteiger charge is 2.60. The summed E-state index contributed by atoms with van der Waals surface area (Å²) in [6.07, 6.45) is 6.93. The number of halogens is 2. The van der Waals surface area contributed by atoms with Crippen molar-refractivity contribution in [2.45, 2.75) is 82.7 Å². The Labute approximate surface area is 137 Å². The molecular formula is C19H26F2O2. The Kier molecular flexibility index (Phi) is 4.75. The molecule has 0 aliphatic carbocycles. The molecule has 2 saturated heterocycles. The highest BCUT2D eigenvalue weighted by molar-refractivity contribution is 5.19. The fraction of sp³-hybridized carbons (Fsp3) is 0.684. The van der Waals surface area contributed by atoms with Crippen molar-refractivity contribution in [1.82, 2.24) is 0 Å². The van der Waals surface area contributed by atoms with Crippen LogP contribution in [0.2, 0.25) is 0 Å². The normalized spacial score (nSPS) is 32.6. The lowest BCUT2D eigenvalue weighted by atomic mass is 9.76. The van der Waals surface area contributed by atoms with Gasteiger partial charge >= 0.3 is 0 Å². The Morgan fingerprint density at radius 1 is 1.13 bits per heavy atom. The van der Waals surface area contributed by atoms with Gasteiger partial charge in [-0.15, -0.1) is 0 Å². The zero-order valence-electron chi connectivity index (χ0n) is 14.0. The molecule has 2 aliphatic rings. The summed E-state index contributed by atoms with van der Waals surface area (Å²) in [7, 11) is 0. The summed E-state index contributed by atoms with van der Waals surface area (Å²) in [5, 5.41) is 0. The Hall–Kier alpha value is -1.00. The van der Waals surface area contributed by atoms with Gasteiger partial charge in [0.25, 0.3) is 0 Å². The second-order valence-electron chi connectivity index (χ2n) is 7.05. The third-order valence-corrected chi connectivity index (χ3v) is 5.44. The number of hydrogen-bond acceptors (Lipinski definition) is 2. The zero-order chi connectivity index (χ0) is 16.5. The van der Waals surface area contributed by atoms with Crippen molar-refractivity contribution in [3.05, 3.63) is 35.4 Å². The summed E-state index contributed by atoms with van der Waals surface area (Å²) >= 11 is 0. The lowest BCUT2D eigenvalue weighted by Crippen LogP contribution is -2.40. The minimum Gasteiger partial charge on any atom is -0.370 e. The van der Waals surface area contributed by atoms with Gasteiger partial charge in [0.1, 0.15) is 11.6 Å². The molecule has 1 aromatic carbocycles. The molecule has 0 N–H and O–H groups in total. The van der Waals surface area contributed by atoms with Crippen molar-refractivity contribution in [2.75, 3.05) is 0 Å². The van der Waals surface area contributed by atoms with Gasteiger partial charge < -0.3 is 9.47 Å². The van der Waals surface area contributed by atoms with E-state index in [1.165, 1.54) is 18.2 Å². The molecule has 1 aromatic rings. The first-order valence-corrected chi connectivity index (χ1v) is 8.79. The minimum atomic E-state index is -0.540. The van der Waals surface area contributed by atoms with Crippen LogP contribution in [-0.2, 0) is 16.1 Å². The van der Waals surface area contributed by atoms with Crippen LogP contribution in [0.4, 0.5) is 8.78 Å². The third-order valence-electron chi connectivity index (χ3n) is 5.44. The highest BCUT2D eigenvalue weighted by atomic mass is 19.1. The van der Waals surface area contributed by atoms with Gasteiger partial charge in [-0.05, 0) is 37.8 Å². The molecule has 23 heavy (non-hydrogen) atoms. The van der Waals surface area contributed by atoms with E-state index in [1.54, 1.807) is 0 Å². The molecule has 0 spiro atoms. The molecule has 0 amide bonds. The lowest BCUT2D eigenvalue weighted by molar-refractivity contribution is -0.104. The number of benzene rings is 1. The number of fused-ring (bicyclic) bond motifs is 2. The van der Waals surface area contributed by atoms with Crippen LogP contribution in [0.5, 0.6) is 0 Å². The maximum absolute atomic E-state index is 13.8. The highest BCUT2D eigenvalue weighted by Crippen LogP contribution is 2.56. The molecule has 2 fully saturated rings. The van der Waals surface area contributed by atoms with Crippen LogP contribution in [-0.4, -0.2) is 17.3 Å². The summed E-state index contributed by atoms with van der Waals surface area (Å²) in [6, 6.07) is 3.93. The van der Waals surface area contributed by atoms with E-state index in [0.717, 1.165) is 44.9 Å². The maximum Gasteiger partial charge on any atom is 0.131 e. The van der Waals surface area contributed by atoms with Crippen molar-refractivity contribution in [1.29, 1.82) is 0 Å². The molecule has 2 bridgehead atoms. The van der Waals surface area contributed by atoms with Crippen molar-refractivity contribution in [2.24, 2.45) is 0 Å². The van der Waals surface area contributed by atoms with Crippen molar-refractivity contribution in [3.8, 4) is 0 Å². The van der Waals surface area contributed by atoms with Gasteiger partial charge in [-0.1, -0.05) is 32.8 Å². The molecule has 128 valence electrons. The molecule has 0 aromatic heterocycles. The van der Waals surface area contributed by atoms with E-state index >= 15 is 0 Å². The van der Waals surface area contributed by atoms with Gasteiger partial charge in [0.15, 0.2) is 0 Å². The van der Waals surface area contributed by atoms with E-state index in [0.29, 0.717) is 0 Å². The van der Waals surface area contributed by atoms with Crippen LogP contribution in [0.25, 0.3) is 0 Å². The zero-order valence-corrected chi connectivity index (χ0v) is 14.0. The van der Waals surface area contributed by atoms with Gasteiger partial charge in [0, 0.05) is 12.0 Å². The van der Waals surface area contributed by atoms with Crippen molar-refractivity contribution >= 4 is 0 Å². The molecule has 2 aliphatic heterocycles. The molecule has 0 radical (unpaired) electrons. The lowest BCUT2D eigenvalue weighted by Gasteiger charge is -2.32. The van der Waals surface area contributed by atoms with E-state index in [4.69, 9.17) is 9.47 Å². The first-order valence-electron chi connectivity index (χ1n) is 8.79. The van der Waals surface area contributed by atoms with E-state index in [9.17, 15) is 8.78 Å². The molecule has 0 saturated carbocycles. The average molecular weight is 324 g/mol. The number of ether oxygens (including phenoxy) is 2. The quantitative estimate of drug-likeness (QED) is 0.691. The van der Waals surface area contributed by atoms with Gasteiger partial charge in [-0.3, -0.25) is 0 Å². The van der Waals surface area contributed by atoms with Crippen LogP contribution in [0.15, 0.2) is 18.2 Å². The predicted molar refractivity (Wildman–Crippen MR) is 85.1 cm³/mol. The van der Waals surface area contributed by atoms with Crippen LogP contribution < -0.4 is 0 Å².